The van der Waals surface area contributed by atoms with Gasteiger partial charge in [-0.25, -0.2) is 0 Å². The van der Waals surface area contributed by atoms with Crippen molar-refractivity contribution in [2.75, 3.05) is 19.7 Å². The van der Waals surface area contributed by atoms with Crippen LogP contribution in [0.2, 0.25) is 0 Å². The number of nitrogens with two attached hydrogens (primary N) is 1. The van der Waals surface area contributed by atoms with E-state index < -0.39 is 0 Å². The van der Waals surface area contributed by atoms with Crippen LogP contribution < -0.4 is 5.73 Å². The fourth-order valence-corrected chi connectivity index (χ4v) is 3.14. The van der Waals surface area contributed by atoms with Crippen molar-refractivity contribution in [1.82, 2.24) is 4.90 Å². The lowest BCUT2D eigenvalue weighted by molar-refractivity contribution is 0.137. The Hall–Kier alpha value is -0.900. The third-order valence-electron chi connectivity index (χ3n) is 3.90. The van der Waals surface area contributed by atoms with Crippen LogP contribution >= 0.6 is 0 Å². The van der Waals surface area contributed by atoms with Crippen molar-refractivity contribution in [1.29, 1.82) is 0 Å². The zero-order valence-electron chi connectivity index (χ0n) is 11.9. The molecular weight excluding hydrogens is 236 g/mol. The Kier molecular flexibility index (Phi) is 5.37. The van der Waals surface area contributed by atoms with E-state index in [0.29, 0.717) is 12.5 Å². The van der Waals surface area contributed by atoms with Crippen molar-refractivity contribution >= 4 is 0 Å². The largest absolute Gasteiger partial charge is 0.396 e. The van der Waals surface area contributed by atoms with Crippen LogP contribution in [0.4, 0.5) is 0 Å². The smallest absolute Gasteiger partial charge is 0.0431 e. The summed E-state index contributed by atoms with van der Waals surface area (Å²) in [4.78, 5) is 2.46. The Morgan fingerprint density at radius 1 is 1.37 bits per heavy atom. The molecule has 1 aliphatic heterocycles. The molecule has 1 aromatic rings. The van der Waals surface area contributed by atoms with Gasteiger partial charge in [0.1, 0.15) is 0 Å². The number of benzene rings is 1. The molecule has 106 valence electrons. The van der Waals surface area contributed by atoms with Crippen molar-refractivity contribution in [3.8, 4) is 0 Å². The standard InChI is InChI=1S/C16H26N2O/c1-13-4-2-5-14(8-13)10-18-11-15(6-3-7-19)9-16(17)12-18/h2,4-5,8,15-16,19H,3,6-7,9-12,17H2,1H3. The van der Waals surface area contributed by atoms with Crippen molar-refractivity contribution < 1.29 is 5.11 Å². The molecule has 1 saturated heterocycles. The maximum Gasteiger partial charge on any atom is 0.0431 e. The van der Waals surface area contributed by atoms with Crippen molar-refractivity contribution in [3.05, 3.63) is 35.4 Å². The fourth-order valence-electron chi connectivity index (χ4n) is 3.14. The molecule has 2 atom stereocenters. The van der Waals surface area contributed by atoms with Crippen LogP contribution in [-0.2, 0) is 6.54 Å². The van der Waals surface area contributed by atoms with Crippen LogP contribution in [0.3, 0.4) is 0 Å². The van der Waals surface area contributed by atoms with E-state index in [2.05, 4.69) is 36.1 Å². The lowest BCUT2D eigenvalue weighted by Gasteiger charge is -2.36. The normalized spacial score (nSPS) is 24.6. The molecule has 3 heteroatoms. The molecule has 1 fully saturated rings. The second-order valence-corrected chi connectivity index (χ2v) is 5.91. The SMILES string of the molecule is Cc1cccc(CN2CC(N)CC(CCCO)C2)c1. The quantitative estimate of drug-likeness (QED) is 0.852. The first-order valence-electron chi connectivity index (χ1n) is 7.31. The molecule has 0 radical (unpaired) electrons. The Morgan fingerprint density at radius 2 is 2.21 bits per heavy atom. The Bertz CT molecular complexity index is 394. The zero-order chi connectivity index (χ0) is 13.7. The van der Waals surface area contributed by atoms with Gasteiger partial charge >= 0.3 is 0 Å². The lowest BCUT2D eigenvalue weighted by atomic mass is 9.90. The highest BCUT2D eigenvalue weighted by molar-refractivity contribution is 5.22. The third-order valence-corrected chi connectivity index (χ3v) is 3.90. The molecule has 0 aliphatic carbocycles. The fraction of sp³-hybridized carbons (Fsp3) is 0.625. The minimum atomic E-state index is 0.280. The first kappa shape index (κ1) is 14.5. The molecule has 3 nitrogen and oxygen atoms in total. The average Bonchev–Trinajstić information content (AvgIpc) is 2.35. The summed E-state index contributed by atoms with van der Waals surface area (Å²) in [6.07, 6.45) is 3.09. The molecule has 3 N–H and O–H groups in total. The molecule has 19 heavy (non-hydrogen) atoms. The van der Waals surface area contributed by atoms with E-state index in [1.165, 1.54) is 11.1 Å². The van der Waals surface area contributed by atoms with Crippen LogP contribution in [0.1, 0.15) is 30.4 Å². The van der Waals surface area contributed by atoms with Gasteiger partial charge in [0.05, 0.1) is 0 Å². The van der Waals surface area contributed by atoms with Gasteiger partial charge < -0.3 is 10.8 Å². The second kappa shape index (κ2) is 7.04. The summed E-state index contributed by atoms with van der Waals surface area (Å²) in [5.41, 5.74) is 8.85. The summed E-state index contributed by atoms with van der Waals surface area (Å²) in [5.74, 6) is 0.640. The zero-order valence-corrected chi connectivity index (χ0v) is 11.9. The maximum absolute atomic E-state index is 8.95. The number of likely N-dealkylation sites (tertiary alicyclic amines) is 1. The van der Waals surface area contributed by atoms with Gasteiger partial charge in [0.2, 0.25) is 0 Å². The van der Waals surface area contributed by atoms with Gasteiger partial charge in [-0.2, -0.15) is 0 Å². The molecule has 2 unspecified atom stereocenters. The molecule has 1 aliphatic rings. The van der Waals surface area contributed by atoms with Crippen LogP contribution in [0, 0.1) is 12.8 Å². The summed E-state index contributed by atoms with van der Waals surface area (Å²) in [5, 5.41) is 8.95. The van der Waals surface area contributed by atoms with Crippen molar-refractivity contribution in [2.45, 2.75) is 38.8 Å². The predicted octanol–water partition coefficient (Wildman–Crippen LogP) is 1.92. The van der Waals surface area contributed by atoms with E-state index in [0.717, 1.165) is 38.9 Å². The number of rotatable bonds is 5. The van der Waals surface area contributed by atoms with E-state index in [1.807, 2.05) is 0 Å². The van der Waals surface area contributed by atoms with Crippen LogP contribution in [0.25, 0.3) is 0 Å². The number of hydrogen-bond acceptors (Lipinski definition) is 3. The lowest BCUT2D eigenvalue weighted by Crippen LogP contribution is -2.46. The molecule has 1 heterocycles. The first-order chi connectivity index (χ1) is 9.17. The minimum Gasteiger partial charge on any atom is -0.396 e. The monoisotopic (exact) mass is 262 g/mol. The number of nitrogens with zero attached hydrogens (tertiary/aromatic N) is 1. The van der Waals surface area contributed by atoms with Crippen LogP contribution in [0.15, 0.2) is 24.3 Å². The molecule has 0 saturated carbocycles. The molecule has 0 spiro atoms. The minimum absolute atomic E-state index is 0.280. The average molecular weight is 262 g/mol. The molecule has 0 bridgehead atoms. The second-order valence-electron chi connectivity index (χ2n) is 5.91. The number of aliphatic hydroxyl groups is 1. The number of aliphatic hydroxyl groups excluding tert-OH is 1. The number of aryl methyl sites for hydroxylation is 1. The summed E-state index contributed by atoms with van der Waals surface area (Å²) in [6.45, 7) is 5.52. The summed E-state index contributed by atoms with van der Waals surface area (Å²) in [6, 6.07) is 8.98. The van der Waals surface area contributed by atoms with Crippen molar-refractivity contribution in [3.63, 3.8) is 0 Å². The van der Waals surface area contributed by atoms with Gasteiger partial charge in [0.15, 0.2) is 0 Å². The molecule has 1 aromatic carbocycles. The molecular formula is C16H26N2O. The van der Waals surface area contributed by atoms with Gasteiger partial charge in [-0.05, 0) is 37.7 Å². The highest BCUT2D eigenvalue weighted by atomic mass is 16.2. The van der Waals surface area contributed by atoms with Crippen LogP contribution in [0.5, 0.6) is 0 Å². The number of hydrogen-bond donors (Lipinski definition) is 2. The Balaban J connectivity index is 1.92. The highest BCUT2D eigenvalue weighted by Crippen LogP contribution is 2.22. The van der Waals surface area contributed by atoms with E-state index in [9.17, 15) is 0 Å². The van der Waals surface area contributed by atoms with Gasteiger partial charge in [-0.15, -0.1) is 0 Å². The van der Waals surface area contributed by atoms with Gasteiger partial charge in [-0.1, -0.05) is 29.8 Å². The van der Waals surface area contributed by atoms with E-state index in [-0.39, 0.29) is 6.04 Å². The first-order valence-corrected chi connectivity index (χ1v) is 7.31. The predicted molar refractivity (Wildman–Crippen MR) is 78.9 cm³/mol. The van der Waals surface area contributed by atoms with Crippen LogP contribution in [-0.4, -0.2) is 35.7 Å². The molecule has 0 amide bonds. The summed E-state index contributed by atoms with van der Waals surface area (Å²) < 4.78 is 0. The molecule has 2 rings (SSSR count). The molecule has 0 aromatic heterocycles. The van der Waals surface area contributed by atoms with E-state index in [1.54, 1.807) is 0 Å². The maximum atomic E-state index is 8.95. The topological polar surface area (TPSA) is 49.5 Å². The van der Waals surface area contributed by atoms with Gasteiger partial charge in [0.25, 0.3) is 0 Å². The van der Waals surface area contributed by atoms with Crippen molar-refractivity contribution in [2.24, 2.45) is 11.7 Å². The Labute approximate surface area is 116 Å². The van der Waals surface area contributed by atoms with Gasteiger partial charge in [-0.3, -0.25) is 4.90 Å². The number of piperidine rings is 1. The summed E-state index contributed by atoms with van der Waals surface area (Å²) >= 11 is 0. The highest BCUT2D eigenvalue weighted by Gasteiger charge is 2.24. The van der Waals surface area contributed by atoms with E-state index in [4.69, 9.17) is 10.8 Å². The van der Waals surface area contributed by atoms with E-state index >= 15 is 0 Å². The Morgan fingerprint density at radius 3 is 2.95 bits per heavy atom. The third kappa shape index (κ3) is 4.60. The van der Waals surface area contributed by atoms with Gasteiger partial charge in [0, 0.05) is 32.3 Å². The summed E-state index contributed by atoms with van der Waals surface area (Å²) in [7, 11) is 0.